The van der Waals surface area contributed by atoms with Gasteiger partial charge < -0.3 is 5.32 Å². The molecule has 0 fully saturated rings. The van der Waals surface area contributed by atoms with E-state index in [1.807, 2.05) is 38.2 Å². The number of anilines is 1. The van der Waals surface area contributed by atoms with Crippen molar-refractivity contribution in [1.82, 2.24) is 9.78 Å². The number of nitrogens with one attached hydrogen (secondary N) is 1. The third-order valence-corrected chi connectivity index (χ3v) is 3.32. The van der Waals surface area contributed by atoms with Gasteiger partial charge >= 0.3 is 0 Å². The fourth-order valence-corrected chi connectivity index (χ4v) is 1.97. The lowest BCUT2D eigenvalue weighted by molar-refractivity contribution is -0.116. The molecule has 1 aromatic heterocycles. The topological polar surface area (TPSA) is 46.9 Å². The van der Waals surface area contributed by atoms with Crippen LogP contribution in [0, 0.1) is 6.92 Å². The molecular weight excluding hydrogens is 262 g/mol. The van der Waals surface area contributed by atoms with Gasteiger partial charge in [0.1, 0.15) is 0 Å². The van der Waals surface area contributed by atoms with Gasteiger partial charge in [0.25, 0.3) is 0 Å². The number of aryl methyl sites for hydroxylation is 1. The summed E-state index contributed by atoms with van der Waals surface area (Å²) < 4.78 is 1.77. The van der Waals surface area contributed by atoms with Crippen LogP contribution < -0.4 is 5.32 Å². The van der Waals surface area contributed by atoms with Gasteiger partial charge in [-0.3, -0.25) is 9.48 Å². The van der Waals surface area contributed by atoms with Crippen LogP contribution in [0.15, 0.2) is 36.7 Å². The number of rotatable bonds is 4. The fraction of sp³-hybridized carbons (Fsp3) is 0.286. The second-order valence-corrected chi connectivity index (χ2v) is 4.96. The molecule has 2 aromatic rings. The van der Waals surface area contributed by atoms with Gasteiger partial charge in [0, 0.05) is 29.5 Å². The Morgan fingerprint density at radius 3 is 2.95 bits per heavy atom. The zero-order valence-corrected chi connectivity index (χ0v) is 11.7. The predicted molar refractivity (Wildman–Crippen MR) is 76.4 cm³/mol. The summed E-state index contributed by atoms with van der Waals surface area (Å²) >= 11 is 6.02. The summed E-state index contributed by atoms with van der Waals surface area (Å²) in [5.41, 5.74) is 1.71. The highest BCUT2D eigenvalue weighted by Gasteiger charge is 2.11. The van der Waals surface area contributed by atoms with E-state index in [-0.39, 0.29) is 11.9 Å². The summed E-state index contributed by atoms with van der Waals surface area (Å²) in [7, 11) is 0. The summed E-state index contributed by atoms with van der Waals surface area (Å²) in [6, 6.07) is 7.35. The highest BCUT2D eigenvalue weighted by molar-refractivity contribution is 6.31. The Hall–Kier alpha value is -1.81. The van der Waals surface area contributed by atoms with Crippen molar-refractivity contribution in [3.05, 3.63) is 47.2 Å². The smallest absolute Gasteiger partial charge is 0.226 e. The molecule has 2 rings (SSSR count). The van der Waals surface area contributed by atoms with Gasteiger partial charge in [-0.2, -0.15) is 5.10 Å². The van der Waals surface area contributed by atoms with E-state index in [4.69, 9.17) is 11.6 Å². The lowest BCUT2D eigenvalue weighted by Crippen LogP contribution is -2.17. The Kier molecular flexibility index (Phi) is 4.22. The first-order valence-electron chi connectivity index (χ1n) is 6.11. The van der Waals surface area contributed by atoms with Gasteiger partial charge in [-0.1, -0.05) is 17.7 Å². The highest BCUT2D eigenvalue weighted by Crippen LogP contribution is 2.20. The van der Waals surface area contributed by atoms with Crippen LogP contribution in [-0.2, 0) is 4.79 Å². The standard InChI is InChI=1S/C14H16ClN3O/c1-10-4-5-12(9-13(10)15)17-14(19)8-11(2)18-7-3-6-16-18/h3-7,9,11H,8H2,1-2H3,(H,17,19)/t11-/m1/s1. The molecule has 1 heterocycles. The summed E-state index contributed by atoms with van der Waals surface area (Å²) in [5.74, 6) is -0.0529. The zero-order chi connectivity index (χ0) is 13.8. The van der Waals surface area contributed by atoms with Crippen molar-refractivity contribution in [2.75, 3.05) is 5.32 Å². The van der Waals surface area contributed by atoms with Gasteiger partial charge in [-0.05, 0) is 37.6 Å². The first kappa shape index (κ1) is 13.6. The molecule has 0 aliphatic heterocycles. The molecule has 0 radical (unpaired) electrons. The van der Waals surface area contributed by atoms with Crippen molar-refractivity contribution in [2.24, 2.45) is 0 Å². The third-order valence-electron chi connectivity index (χ3n) is 2.91. The van der Waals surface area contributed by atoms with E-state index in [1.54, 1.807) is 16.9 Å². The quantitative estimate of drug-likeness (QED) is 0.931. The Morgan fingerprint density at radius 2 is 2.32 bits per heavy atom. The molecule has 1 aromatic carbocycles. The number of amides is 1. The van der Waals surface area contributed by atoms with E-state index >= 15 is 0 Å². The summed E-state index contributed by atoms with van der Waals surface area (Å²) in [6.45, 7) is 3.88. The molecule has 0 spiro atoms. The molecule has 1 amide bonds. The normalized spacial score (nSPS) is 12.2. The van der Waals surface area contributed by atoms with Gasteiger partial charge in [-0.25, -0.2) is 0 Å². The van der Waals surface area contributed by atoms with Crippen LogP contribution in [0.3, 0.4) is 0 Å². The summed E-state index contributed by atoms with van der Waals surface area (Å²) in [5, 5.41) is 7.61. The van der Waals surface area contributed by atoms with E-state index in [9.17, 15) is 4.79 Å². The SMILES string of the molecule is Cc1ccc(NC(=O)C[C@@H](C)n2cccn2)cc1Cl. The molecule has 100 valence electrons. The maximum absolute atomic E-state index is 11.9. The van der Waals surface area contributed by atoms with Crippen LogP contribution in [0.5, 0.6) is 0 Å². The molecule has 0 bridgehead atoms. The number of benzene rings is 1. The third kappa shape index (κ3) is 3.58. The van der Waals surface area contributed by atoms with Crippen molar-refractivity contribution in [3.8, 4) is 0 Å². The van der Waals surface area contributed by atoms with Gasteiger partial charge in [-0.15, -0.1) is 0 Å². The number of carbonyl (C=O) groups excluding carboxylic acids is 1. The minimum Gasteiger partial charge on any atom is -0.326 e. The van der Waals surface area contributed by atoms with E-state index in [0.717, 1.165) is 5.56 Å². The van der Waals surface area contributed by atoms with Crippen LogP contribution in [0.1, 0.15) is 24.9 Å². The number of hydrogen-bond acceptors (Lipinski definition) is 2. The van der Waals surface area contributed by atoms with E-state index < -0.39 is 0 Å². The number of carbonyl (C=O) groups is 1. The fourth-order valence-electron chi connectivity index (χ4n) is 1.79. The molecule has 1 atom stereocenters. The minimum atomic E-state index is -0.0529. The maximum atomic E-state index is 11.9. The van der Waals surface area contributed by atoms with Crippen molar-refractivity contribution >= 4 is 23.2 Å². The Labute approximate surface area is 117 Å². The largest absolute Gasteiger partial charge is 0.326 e. The van der Waals surface area contributed by atoms with Gasteiger partial charge in [0.2, 0.25) is 5.91 Å². The lowest BCUT2D eigenvalue weighted by Gasteiger charge is -2.12. The van der Waals surface area contributed by atoms with Crippen LogP contribution in [0.25, 0.3) is 0 Å². The summed E-state index contributed by atoms with van der Waals surface area (Å²) in [6.07, 6.45) is 3.92. The molecular formula is C14H16ClN3O. The molecule has 4 nitrogen and oxygen atoms in total. The van der Waals surface area contributed by atoms with E-state index in [2.05, 4.69) is 10.4 Å². The maximum Gasteiger partial charge on any atom is 0.226 e. The van der Waals surface area contributed by atoms with Crippen LogP contribution >= 0.6 is 11.6 Å². The number of hydrogen-bond donors (Lipinski definition) is 1. The Bertz CT molecular complexity index is 566. The second kappa shape index (κ2) is 5.89. The first-order valence-corrected chi connectivity index (χ1v) is 6.49. The molecule has 5 heteroatoms. The van der Waals surface area contributed by atoms with Gasteiger partial charge in [0.15, 0.2) is 0 Å². The Balaban J connectivity index is 1.95. The Morgan fingerprint density at radius 1 is 1.53 bits per heavy atom. The molecule has 0 aliphatic carbocycles. The van der Waals surface area contributed by atoms with Crippen LogP contribution in [-0.4, -0.2) is 15.7 Å². The van der Waals surface area contributed by atoms with Crippen LogP contribution in [0.4, 0.5) is 5.69 Å². The predicted octanol–water partition coefficient (Wildman–Crippen LogP) is 3.43. The average Bonchev–Trinajstić information content (AvgIpc) is 2.87. The molecule has 1 N–H and O–H groups in total. The molecule has 0 aliphatic rings. The zero-order valence-electron chi connectivity index (χ0n) is 10.9. The number of halogens is 1. The highest BCUT2D eigenvalue weighted by atomic mass is 35.5. The molecule has 0 saturated carbocycles. The van der Waals surface area contributed by atoms with Crippen molar-refractivity contribution < 1.29 is 4.79 Å². The number of nitrogens with zero attached hydrogens (tertiary/aromatic N) is 2. The monoisotopic (exact) mass is 277 g/mol. The second-order valence-electron chi connectivity index (χ2n) is 4.55. The van der Waals surface area contributed by atoms with Crippen molar-refractivity contribution in [2.45, 2.75) is 26.3 Å². The molecule has 0 saturated heterocycles. The number of aromatic nitrogens is 2. The average molecular weight is 278 g/mol. The van der Waals surface area contributed by atoms with Gasteiger partial charge in [0.05, 0.1) is 6.04 Å². The first-order chi connectivity index (χ1) is 9.06. The summed E-state index contributed by atoms with van der Waals surface area (Å²) in [4.78, 5) is 11.9. The van der Waals surface area contributed by atoms with Crippen molar-refractivity contribution in [3.63, 3.8) is 0 Å². The van der Waals surface area contributed by atoms with E-state index in [0.29, 0.717) is 17.1 Å². The minimum absolute atomic E-state index is 0.0240. The van der Waals surface area contributed by atoms with Crippen molar-refractivity contribution in [1.29, 1.82) is 0 Å². The molecule has 0 unspecified atom stereocenters. The molecule has 19 heavy (non-hydrogen) atoms. The van der Waals surface area contributed by atoms with E-state index in [1.165, 1.54) is 0 Å². The lowest BCUT2D eigenvalue weighted by atomic mass is 10.2. The van der Waals surface area contributed by atoms with Crippen LogP contribution in [0.2, 0.25) is 5.02 Å².